The van der Waals surface area contributed by atoms with E-state index in [2.05, 4.69) is 25.2 Å². The summed E-state index contributed by atoms with van der Waals surface area (Å²) >= 11 is 1.67. The van der Waals surface area contributed by atoms with Gasteiger partial charge in [-0.2, -0.15) is 0 Å². The highest BCUT2D eigenvalue weighted by molar-refractivity contribution is 7.09. The molecule has 0 aliphatic carbocycles. The average molecular weight is 321 g/mol. The average Bonchev–Trinajstić information content (AvgIpc) is 3.16. The lowest BCUT2D eigenvalue weighted by Gasteiger charge is -2.31. The Labute approximate surface area is 132 Å². The molecule has 8 heteroatoms. The van der Waals surface area contributed by atoms with Gasteiger partial charge in [0.15, 0.2) is 0 Å². The van der Waals surface area contributed by atoms with Crippen LogP contribution in [-0.2, 0) is 22.6 Å². The van der Waals surface area contributed by atoms with Gasteiger partial charge in [0.1, 0.15) is 11.9 Å². The number of imidazole rings is 1. The zero-order chi connectivity index (χ0) is 15.4. The third kappa shape index (κ3) is 3.90. The van der Waals surface area contributed by atoms with Crippen LogP contribution in [0.25, 0.3) is 0 Å². The molecule has 3 rings (SSSR count). The molecular weight excluding hydrogens is 302 g/mol. The first-order valence-electron chi connectivity index (χ1n) is 7.20. The van der Waals surface area contributed by atoms with E-state index in [1.54, 1.807) is 17.5 Å². The topological polar surface area (TPSA) is 83.1 Å². The summed E-state index contributed by atoms with van der Waals surface area (Å²) in [6.07, 6.45) is 3.59. The summed E-state index contributed by atoms with van der Waals surface area (Å²) in [5.41, 5.74) is 2.74. The maximum atomic E-state index is 10.9. The number of nitrogens with one attached hydrogen (secondary N) is 2. The van der Waals surface area contributed by atoms with E-state index in [9.17, 15) is 4.79 Å². The van der Waals surface area contributed by atoms with Crippen molar-refractivity contribution in [1.82, 2.24) is 25.2 Å². The smallest absolute Gasteiger partial charge is 0.217 e. The van der Waals surface area contributed by atoms with E-state index in [0.717, 1.165) is 31.2 Å². The fourth-order valence-corrected chi connectivity index (χ4v) is 3.04. The monoisotopic (exact) mass is 321 g/mol. The fraction of sp³-hybridized carbons (Fsp3) is 0.500. The molecule has 7 nitrogen and oxygen atoms in total. The minimum atomic E-state index is -0.0623. The number of amides is 1. The highest BCUT2D eigenvalue weighted by Gasteiger charge is 2.24. The summed E-state index contributed by atoms with van der Waals surface area (Å²) < 4.78 is 5.82. The van der Waals surface area contributed by atoms with Crippen LogP contribution in [0.3, 0.4) is 0 Å². The molecule has 1 atom stereocenters. The third-order valence-electron chi connectivity index (χ3n) is 3.49. The van der Waals surface area contributed by atoms with Crippen LogP contribution in [-0.4, -0.2) is 45.5 Å². The first-order chi connectivity index (χ1) is 10.7. The molecule has 1 unspecified atom stereocenters. The largest absolute Gasteiger partial charge is 0.368 e. The van der Waals surface area contributed by atoms with Crippen molar-refractivity contribution < 1.29 is 9.53 Å². The van der Waals surface area contributed by atoms with Gasteiger partial charge in [-0.3, -0.25) is 14.7 Å². The van der Waals surface area contributed by atoms with Gasteiger partial charge >= 0.3 is 0 Å². The normalized spacial score (nSPS) is 19.2. The number of morpholine rings is 1. The van der Waals surface area contributed by atoms with Gasteiger partial charge in [-0.15, -0.1) is 11.3 Å². The lowest BCUT2D eigenvalue weighted by molar-refractivity contribution is -0.119. The predicted octanol–water partition coefficient (Wildman–Crippen LogP) is 1.08. The van der Waals surface area contributed by atoms with Crippen molar-refractivity contribution >= 4 is 17.2 Å². The van der Waals surface area contributed by atoms with Crippen molar-refractivity contribution in [3.63, 3.8) is 0 Å². The van der Waals surface area contributed by atoms with Crippen LogP contribution in [0.2, 0.25) is 0 Å². The van der Waals surface area contributed by atoms with Crippen molar-refractivity contribution in [2.45, 2.75) is 26.1 Å². The molecule has 1 fully saturated rings. The number of hydrogen-bond donors (Lipinski definition) is 2. The van der Waals surface area contributed by atoms with E-state index in [0.29, 0.717) is 13.2 Å². The Hall–Kier alpha value is -1.77. The second-order valence-corrected chi connectivity index (χ2v) is 6.24. The molecule has 118 valence electrons. The molecule has 1 aliphatic heterocycles. The second kappa shape index (κ2) is 6.99. The Morgan fingerprint density at radius 3 is 3.27 bits per heavy atom. The Bertz CT molecular complexity index is 613. The molecule has 0 spiro atoms. The third-order valence-corrected chi connectivity index (χ3v) is 4.26. The van der Waals surface area contributed by atoms with Crippen LogP contribution >= 0.6 is 11.3 Å². The highest BCUT2D eigenvalue weighted by atomic mass is 32.1. The molecule has 1 aliphatic rings. The van der Waals surface area contributed by atoms with Gasteiger partial charge in [0.05, 0.1) is 30.6 Å². The van der Waals surface area contributed by atoms with E-state index in [-0.39, 0.29) is 12.0 Å². The zero-order valence-corrected chi connectivity index (χ0v) is 13.2. The molecule has 3 heterocycles. The zero-order valence-electron chi connectivity index (χ0n) is 12.4. The fourth-order valence-electron chi connectivity index (χ4n) is 2.40. The Balaban J connectivity index is 1.58. The molecule has 0 saturated carbocycles. The lowest BCUT2D eigenvalue weighted by Crippen LogP contribution is -2.38. The summed E-state index contributed by atoms with van der Waals surface area (Å²) in [6.45, 7) is 5.24. The van der Waals surface area contributed by atoms with Crippen molar-refractivity contribution in [2.24, 2.45) is 0 Å². The second-order valence-electron chi connectivity index (χ2n) is 5.27. The maximum Gasteiger partial charge on any atom is 0.217 e. The quantitative estimate of drug-likeness (QED) is 0.861. The Morgan fingerprint density at radius 1 is 1.59 bits per heavy atom. The van der Waals surface area contributed by atoms with Crippen LogP contribution in [0.5, 0.6) is 0 Å². The molecule has 0 bridgehead atoms. The van der Waals surface area contributed by atoms with Crippen LogP contribution in [0.1, 0.15) is 29.4 Å². The number of hydrogen-bond acceptors (Lipinski definition) is 6. The minimum Gasteiger partial charge on any atom is -0.368 e. The predicted molar refractivity (Wildman–Crippen MR) is 82.2 cm³/mol. The molecule has 0 aromatic carbocycles. The van der Waals surface area contributed by atoms with E-state index in [1.807, 2.05) is 11.7 Å². The van der Waals surface area contributed by atoms with Crippen molar-refractivity contribution in [1.29, 1.82) is 0 Å². The van der Waals surface area contributed by atoms with Crippen LogP contribution < -0.4 is 5.32 Å². The van der Waals surface area contributed by atoms with Crippen molar-refractivity contribution in [3.8, 4) is 0 Å². The molecule has 1 amide bonds. The van der Waals surface area contributed by atoms with Crippen molar-refractivity contribution in [2.75, 3.05) is 19.7 Å². The van der Waals surface area contributed by atoms with Crippen LogP contribution in [0.15, 0.2) is 17.9 Å². The van der Waals surface area contributed by atoms with Crippen molar-refractivity contribution in [3.05, 3.63) is 34.3 Å². The van der Waals surface area contributed by atoms with Gasteiger partial charge < -0.3 is 15.0 Å². The lowest BCUT2D eigenvalue weighted by atomic mass is 10.2. The summed E-state index contributed by atoms with van der Waals surface area (Å²) in [7, 11) is 0. The van der Waals surface area contributed by atoms with E-state index < -0.39 is 0 Å². The summed E-state index contributed by atoms with van der Waals surface area (Å²) in [4.78, 5) is 26.3. The first kappa shape index (κ1) is 15.1. The number of ether oxygens (including phenoxy) is 1. The number of rotatable bonds is 5. The van der Waals surface area contributed by atoms with Gasteiger partial charge in [-0.1, -0.05) is 0 Å². The number of carbonyl (C=O) groups is 1. The minimum absolute atomic E-state index is 0.0548. The SMILES string of the molecule is CC(=O)NCc1cnc(C2CN(Cc3cncs3)CCO2)[nH]1. The van der Waals surface area contributed by atoms with Gasteiger partial charge in [-0.05, 0) is 0 Å². The number of carbonyl (C=O) groups excluding carboxylic acids is 1. The summed E-state index contributed by atoms with van der Waals surface area (Å²) in [5.74, 6) is 0.759. The van der Waals surface area contributed by atoms with E-state index >= 15 is 0 Å². The van der Waals surface area contributed by atoms with Gasteiger partial charge in [-0.25, -0.2) is 4.98 Å². The summed E-state index contributed by atoms with van der Waals surface area (Å²) in [6, 6.07) is 0. The molecule has 2 N–H and O–H groups in total. The maximum absolute atomic E-state index is 10.9. The van der Waals surface area contributed by atoms with E-state index in [4.69, 9.17) is 4.74 Å². The first-order valence-corrected chi connectivity index (χ1v) is 8.08. The highest BCUT2D eigenvalue weighted by Crippen LogP contribution is 2.21. The molecule has 22 heavy (non-hydrogen) atoms. The number of nitrogens with zero attached hydrogens (tertiary/aromatic N) is 3. The van der Waals surface area contributed by atoms with Gasteiger partial charge in [0, 0.05) is 37.6 Å². The molecule has 1 saturated heterocycles. The number of aromatic nitrogens is 3. The molecule has 2 aromatic rings. The molecule has 0 radical (unpaired) electrons. The standard InChI is InChI=1S/C14H19N5O2S/c1-10(20)16-4-11-5-17-14(18-11)13-8-19(2-3-21-13)7-12-6-15-9-22-12/h5-6,9,13H,2-4,7-8H2,1H3,(H,16,20)(H,17,18). The number of aromatic amines is 1. The molecule has 2 aromatic heterocycles. The van der Waals surface area contributed by atoms with Gasteiger partial charge in [0.2, 0.25) is 5.91 Å². The summed E-state index contributed by atoms with van der Waals surface area (Å²) in [5, 5.41) is 2.75. The van der Waals surface area contributed by atoms with Crippen LogP contribution in [0.4, 0.5) is 0 Å². The van der Waals surface area contributed by atoms with Crippen LogP contribution in [0, 0.1) is 0 Å². The number of H-pyrrole nitrogens is 1. The van der Waals surface area contributed by atoms with E-state index in [1.165, 1.54) is 11.8 Å². The molecular formula is C14H19N5O2S. The Kier molecular flexibility index (Phi) is 4.81. The Morgan fingerprint density at radius 2 is 2.50 bits per heavy atom. The number of thiazole rings is 1. The van der Waals surface area contributed by atoms with Gasteiger partial charge in [0.25, 0.3) is 0 Å².